The number of methoxy groups -OCH3 is 1. The molecule has 0 aromatic heterocycles. The van der Waals surface area contributed by atoms with Crippen LogP contribution in [-0.4, -0.2) is 45.5 Å². The molecule has 1 saturated carbocycles. The first-order chi connectivity index (χ1) is 14.9. The molecule has 1 unspecified atom stereocenters. The van der Waals surface area contributed by atoms with E-state index in [2.05, 4.69) is 66.9 Å². The number of rotatable bonds is 12. The maximum absolute atomic E-state index is 10.8. The van der Waals surface area contributed by atoms with Crippen LogP contribution in [0.4, 0.5) is 0 Å². The minimum Gasteiger partial charge on any atom is -0.481 e. The quantitative estimate of drug-likeness (QED) is 0.156. The summed E-state index contributed by atoms with van der Waals surface area (Å²) in [4.78, 5) is 10.8. The van der Waals surface area contributed by atoms with E-state index in [4.69, 9.17) is 19.0 Å². The summed E-state index contributed by atoms with van der Waals surface area (Å²) in [6.45, 7) is 20.9. The number of ether oxygens (including phenoxy) is 2. The molecule has 1 aliphatic rings. The van der Waals surface area contributed by atoms with Gasteiger partial charge in [-0.1, -0.05) is 66.9 Å². The lowest BCUT2D eigenvalue weighted by molar-refractivity contribution is -0.136. The Balaban J connectivity index is 3.03. The molecule has 0 aliphatic heterocycles. The number of aliphatic carboxylic acids is 1. The third kappa shape index (κ3) is 8.02. The van der Waals surface area contributed by atoms with Crippen LogP contribution in [0.5, 0.6) is 0 Å². The molecule has 32 heavy (non-hydrogen) atoms. The number of hydrogen-bond acceptors (Lipinski definition) is 4. The van der Waals surface area contributed by atoms with Crippen LogP contribution in [0.25, 0.3) is 0 Å². The molecular formula is C26H46O5Si. The van der Waals surface area contributed by atoms with Crippen LogP contribution in [0.2, 0.25) is 16.6 Å². The van der Waals surface area contributed by atoms with Crippen molar-refractivity contribution in [3.05, 3.63) is 12.2 Å². The van der Waals surface area contributed by atoms with Crippen LogP contribution in [0, 0.1) is 23.7 Å². The minimum atomic E-state index is -2.01. The first kappa shape index (κ1) is 28.9. The van der Waals surface area contributed by atoms with Crippen LogP contribution >= 0.6 is 0 Å². The van der Waals surface area contributed by atoms with Gasteiger partial charge in [0.2, 0.25) is 8.32 Å². The number of hydrogen-bond donors (Lipinski definition) is 1. The Morgan fingerprint density at radius 3 is 2.25 bits per heavy atom. The van der Waals surface area contributed by atoms with Crippen LogP contribution < -0.4 is 0 Å². The molecule has 1 N–H and O–H groups in total. The van der Waals surface area contributed by atoms with Gasteiger partial charge in [-0.05, 0) is 53.3 Å². The second-order valence-corrected chi connectivity index (χ2v) is 15.7. The molecule has 4 atom stereocenters. The maximum atomic E-state index is 10.8. The number of carboxylic acid groups (broad SMARTS) is 1. The van der Waals surface area contributed by atoms with E-state index in [-0.39, 0.29) is 31.3 Å². The SMILES string of the molecule is C=C1[C@@H](CC(C#CCCC(=O)O)OCOC)C[C@H](C)C[C@@H]1O[Si](C(C)C)(C(C)C)C(C)C. The highest BCUT2D eigenvalue weighted by atomic mass is 28.4. The summed E-state index contributed by atoms with van der Waals surface area (Å²) in [5.41, 5.74) is 2.76. The van der Waals surface area contributed by atoms with Crippen molar-refractivity contribution < 1.29 is 23.8 Å². The van der Waals surface area contributed by atoms with E-state index in [0.29, 0.717) is 29.0 Å². The molecule has 0 radical (unpaired) electrons. The summed E-state index contributed by atoms with van der Waals surface area (Å²) in [7, 11) is -0.418. The van der Waals surface area contributed by atoms with Crippen molar-refractivity contribution in [2.24, 2.45) is 11.8 Å². The van der Waals surface area contributed by atoms with Gasteiger partial charge in [0.15, 0.2) is 0 Å². The zero-order chi connectivity index (χ0) is 24.5. The van der Waals surface area contributed by atoms with E-state index in [1.807, 2.05) is 0 Å². The van der Waals surface area contributed by atoms with Crippen molar-refractivity contribution in [2.75, 3.05) is 13.9 Å². The number of carbonyl (C=O) groups is 1. The molecule has 0 amide bonds. The molecule has 1 aliphatic carbocycles. The highest BCUT2D eigenvalue weighted by Crippen LogP contribution is 2.47. The predicted molar refractivity (Wildman–Crippen MR) is 133 cm³/mol. The molecule has 0 saturated heterocycles. The van der Waals surface area contributed by atoms with Gasteiger partial charge in [-0.25, -0.2) is 0 Å². The average Bonchev–Trinajstić information content (AvgIpc) is 2.69. The fourth-order valence-electron chi connectivity index (χ4n) is 5.47. The van der Waals surface area contributed by atoms with Crippen LogP contribution in [0.3, 0.4) is 0 Å². The van der Waals surface area contributed by atoms with Crippen LogP contribution in [0.1, 0.15) is 80.6 Å². The Labute approximate surface area is 197 Å². The second-order valence-electron chi connectivity index (χ2n) is 10.3. The van der Waals surface area contributed by atoms with E-state index >= 15 is 0 Å². The Morgan fingerprint density at radius 2 is 1.75 bits per heavy atom. The zero-order valence-electron chi connectivity index (χ0n) is 21.6. The normalized spacial score (nSPS) is 22.8. The van der Waals surface area contributed by atoms with Crippen molar-refractivity contribution in [3.8, 4) is 11.8 Å². The van der Waals surface area contributed by atoms with Crippen molar-refractivity contribution in [1.29, 1.82) is 0 Å². The number of carboxylic acids is 1. The van der Waals surface area contributed by atoms with E-state index in [9.17, 15) is 4.79 Å². The monoisotopic (exact) mass is 466 g/mol. The van der Waals surface area contributed by atoms with Gasteiger partial charge in [-0.3, -0.25) is 4.79 Å². The highest BCUT2D eigenvalue weighted by Gasteiger charge is 2.48. The fourth-order valence-corrected chi connectivity index (χ4v) is 11.0. The first-order valence-electron chi connectivity index (χ1n) is 12.1. The van der Waals surface area contributed by atoms with Crippen molar-refractivity contribution in [2.45, 2.75) is 109 Å². The predicted octanol–water partition coefficient (Wildman–Crippen LogP) is 6.40. The summed E-state index contributed by atoms with van der Waals surface area (Å²) in [6.07, 6.45) is 2.92. The topological polar surface area (TPSA) is 65.0 Å². The Hall–Kier alpha value is -1.13. The minimum absolute atomic E-state index is 0.0411. The molecule has 1 fully saturated rings. The van der Waals surface area contributed by atoms with Gasteiger partial charge in [0.05, 0.1) is 12.5 Å². The molecule has 6 heteroatoms. The molecule has 0 spiro atoms. The molecular weight excluding hydrogens is 420 g/mol. The first-order valence-corrected chi connectivity index (χ1v) is 14.3. The van der Waals surface area contributed by atoms with E-state index < -0.39 is 14.3 Å². The summed E-state index contributed by atoms with van der Waals surface area (Å²) in [5.74, 6) is 6.06. The Kier molecular flexibility index (Phi) is 12.2. The van der Waals surface area contributed by atoms with Gasteiger partial charge in [0, 0.05) is 13.5 Å². The van der Waals surface area contributed by atoms with E-state index in [1.165, 1.54) is 5.57 Å². The third-order valence-corrected chi connectivity index (χ3v) is 13.0. The Morgan fingerprint density at radius 1 is 1.16 bits per heavy atom. The fraction of sp³-hybridized carbons (Fsp3) is 0.808. The molecule has 0 bridgehead atoms. The lowest BCUT2D eigenvalue weighted by atomic mass is 9.75. The molecule has 1 rings (SSSR count). The van der Waals surface area contributed by atoms with Crippen LogP contribution in [-0.2, 0) is 18.7 Å². The lowest BCUT2D eigenvalue weighted by Gasteiger charge is -2.48. The van der Waals surface area contributed by atoms with Gasteiger partial charge in [-0.15, -0.1) is 0 Å². The molecule has 0 heterocycles. The largest absolute Gasteiger partial charge is 0.481 e. The van der Waals surface area contributed by atoms with E-state index in [1.54, 1.807) is 7.11 Å². The van der Waals surface area contributed by atoms with Crippen molar-refractivity contribution in [1.82, 2.24) is 0 Å². The van der Waals surface area contributed by atoms with Gasteiger partial charge < -0.3 is 19.0 Å². The van der Waals surface area contributed by atoms with Gasteiger partial charge >= 0.3 is 5.97 Å². The Bertz CT molecular complexity index is 639. The maximum Gasteiger partial charge on any atom is 0.304 e. The zero-order valence-corrected chi connectivity index (χ0v) is 22.6. The third-order valence-electron chi connectivity index (χ3n) is 6.91. The highest BCUT2D eigenvalue weighted by molar-refractivity contribution is 6.77. The standard InChI is InChI=1S/C26H46O5Si/c1-18(2)32(19(3)4,20(5)6)31-25-15-21(7)14-23(22(25)8)16-24(30-17-29-9)12-10-11-13-26(27)28/h18-21,23-25H,8,11,13-17H2,1-7,9H3,(H,27,28)/t21-,23+,24?,25-/m0/s1. The molecule has 5 nitrogen and oxygen atoms in total. The average molecular weight is 467 g/mol. The summed E-state index contributed by atoms with van der Waals surface area (Å²) < 4.78 is 18.0. The summed E-state index contributed by atoms with van der Waals surface area (Å²) >= 11 is 0. The molecule has 0 aromatic rings. The van der Waals surface area contributed by atoms with Crippen LogP contribution in [0.15, 0.2) is 12.2 Å². The smallest absolute Gasteiger partial charge is 0.304 e. The molecule has 0 aromatic carbocycles. The summed E-state index contributed by atoms with van der Waals surface area (Å²) in [6, 6.07) is 0. The summed E-state index contributed by atoms with van der Waals surface area (Å²) in [5, 5.41) is 8.84. The van der Waals surface area contributed by atoms with Gasteiger partial charge in [0.1, 0.15) is 12.9 Å². The van der Waals surface area contributed by atoms with Crippen molar-refractivity contribution in [3.63, 3.8) is 0 Å². The van der Waals surface area contributed by atoms with Crippen molar-refractivity contribution >= 4 is 14.3 Å². The van der Waals surface area contributed by atoms with Gasteiger partial charge in [0.25, 0.3) is 0 Å². The van der Waals surface area contributed by atoms with E-state index in [0.717, 1.165) is 19.3 Å². The second kappa shape index (κ2) is 13.5. The van der Waals surface area contributed by atoms with Gasteiger partial charge in [-0.2, -0.15) is 0 Å². The lowest BCUT2D eigenvalue weighted by Crippen LogP contribution is -2.51. The molecule has 184 valence electrons.